The molecule has 0 spiro atoms. The van der Waals surface area contributed by atoms with Gasteiger partial charge in [0.15, 0.2) is 5.82 Å². The minimum atomic E-state index is -0.00556. The van der Waals surface area contributed by atoms with Gasteiger partial charge in [0.2, 0.25) is 0 Å². The highest BCUT2D eigenvalue weighted by atomic mass is 16.1. The molecule has 128 valence electrons. The van der Waals surface area contributed by atoms with E-state index in [0.717, 1.165) is 32.4 Å². The molecule has 0 saturated carbocycles. The largest absolute Gasteiger partial charge is 0.352 e. The van der Waals surface area contributed by atoms with Gasteiger partial charge in [-0.15, -0.1) is 0 Å². The van der Waals surface area contributed by atoms with Gasteiger partial charge in [-0.25, -0.2) is 4.98 Å². The van der Waals surface area contributed by atoms with Crippen molar-refractivity contribution in [2.45, 2.75) is 58.5 Å². The molecule has 0 unspecified atom stereocenters. The number of aromatic nitrogens is 2. The van der Waals surface area contributed by atoms with Gasteiger partial charge in [0.25, 0.3) is 5.56 Å². The van der Waals surface area contributed by atoms with E-state index in [9.17, 15) is 4.79 Å². The monoisotopic (exact) mass is 318 g/mol. The van der Waals surface area contributed by atoms with Crippen molar-refractivity contribution in [3.05, 3.63) is 34.4 Å². The molecule has 0 bridgehead atoms. The maximum Gasteiger partial charge on any atom is 0.293 e. The van der Waals surface area contributed by atoms with Gasteiger partial charge >= 0.3 is 0 Å². The maximum atomic E-state index is 12.1. The molecule has 1 atom stereocenters. The Bertz CT molecular complexity index is 581. The third-order valence-electron chi connectivity index (χ3n) is 4.47. The van der Waals surface area contributed by atoms with Gasteiger partial charge in [0.05, 0.1) is 0 Å². The van der Waals surface area contributed by atoms with Crippen molar-refractivity contribution in [2.24, 2.45) is 7.05 Å². The highest BCUT2D eigenvalue weighted by Crippen LogP contribution is 2.15. The summed E-state index contributed by atoms with van der Waals surface area (Å²) in [7, 11) is 1.77. The lowest BCUT2D eigenvalue weighted by Gasteiger charge is -2.34. The van der Waals surface area contributed by atoms with Crippen LogP contribution in [0.5, 0.6) is 0 Å². The average Bonchev–Trinajstić information content (AvgIpc) is 2.50. The van der Waals surface area contributed by atoms with E-state index in [1.54, 1.807) is 24.0 Å². The first-order chi connectivity index (χ1) is 11.0. The van der Waals surface area contributed by atoms with Crippen LogP contribution >= 0.6 is 0 Å². The smallest absolute Gasteiger partial charge is 0.293 e. The Morgan fingerprint density at radius 2 is 2.13 bits per heavy atom. The van der Waals surface area contributed by atoms with E-state index in [2.05, 4.69) is 42.0 Å². The van der Waals surface area contributed by atoms with Gasteiger partial charge in [0, 0.05) is 44.6 Å². The SMILES string of the molecule is CC(C)=CCC[C@@H](C)NC1CCN(c2nccn(C)c2=O)CC1. The van der Waals surface area contributed by atoms with Crippen LogP contribution in [0.4, 0.5) is 5.82 Å². The number of aryl methyl sites for hydroxylation is 1. The number of hydrogen-bond donors (Lipinski definition) is 1. The van der Waals surface area contributed by atoms with Gasteiger partial charge in [0.1, 0.15) is 0 Å². The third kappa shape index (κ3) is 5.20. The first kappa shape index (κ1) is 17.7. The molecule has 1 saturated heterocycles. The van der Waals surface area contributed by atoms with E-state index in [0.29, 0.717) is 17.9 Å². The second-order valence-corrected chi connectivity index (χ2v) is 6.85. The van der Waals surface area contributed by atoms with Gasteiger partial charge in [-0.3, -0.25) is 4.79 Å². The zero-order valence-electron chi connectivity index (χ0n) is 14.9. The summed E-state index contributed by atoms with van der Waals surface area (Å²) in [5.41, 5.74) is 1.39. The van der Waals surface area contributed by atoms with E-state index in [-0.39, 0.29) is 5.56 Å². The zero-order chi connectivity index (χ0) is 16.8. The standard InChI is InChI=1S/C18H30N4O/c1-14(2)6-5-7-15(3)20-16-8-11-22(12-9-16)17-18(23)21(4)13-10-19-17/h6,10,13,15-16,20H,5,7-9,11-12H2,1-4H3/t15-/m1/s1. The molecule has 0 amide bonds. The van der Waals surface area contributed by atoms with Crippen LogP contribution in [0.3, 0.4) is 0 Å². The fourth-order valence-corrected chi connectivity index (χ4v) is 3.07. The summed E-state index contributed by atoms with van der Waals surface area (Å²) in [6.07, 6.45) is 10.1. The van der Waals surface area contributed by atoms with Crippen LogP contribution in [0.15, 0.2) is 28.8 Å². The minimum absolute atomic E-state index is 0.00556. The van der Waals surface area contributed by atoms with Crippen molar-refractivity contribution in [1.82, 2.24) is 14.9 Å². The maximum absolute atomic E-state index is 12.1. The number of nitrogens with zero attached hydrogens (tertiary/aromatic N) is 3. The first-order valence-corrected chi connectivity index (χ1v) is 8.63. The lowest BCUT2D eigenvalue weighted by Crippen LogP contribution is -2.47. The minimum Gasteiger partial charge on any atom is -0.352 e. The molecule has 23 heavy (non-hydrogen) atoms. The molecule has 1 N–H and O–H groups in total. The number of allylic oxidation sites excluding steroid dienone is 2. The van der Waals surface area contributed by atoms with Crippen molar-refractivity contribution in [1.29, 1.82) is 0 Å². The molecule has 0 radical (unpaired) electrons. The summed E-state index contributed by atoms with van der Waals surface area (Å²) in [6, 6.07) is 1.07. The molecule has 1 aromatic rings. The van der Waals surface area contributed by atoms with Crippen molar-refractivity contribution < 1.29 is 0 Å². The van der Waals surface area contributed by atoms with Crippen LogP contribution in [0.2, 0.25) is 0 Å². The van der Waals surface area contributed by atoms with Crippen LogP contribution in [-0.4, -0.2) is 34.7 Å². The van der Waals surface area contributed by atoms with Gasteiger partial charge in [-0.1, -0.05) is 11.6 Å². The van der Waals surface area contributed by atoms with Gasteiger partial charge < -0.3 is 14.8 Å². The lowest BCUT2D eigenvalue weighted by molar-refractivity contribution is 0.366. The molecule has 0 aromatic carbocycles. The van der Waals surface area contributed by atoms with Crippen LogP contribution in [0, 0.1) is 0 Å². The number of anilines is 1. The fraction of sp³-hybridized carbons (Fsp3) is 0.667. The Morgan fingerprint density at radius 1 is 1.43 bits per heavy atom. The number of piperidine rings is 1. The highest BCUT2D eigenvalue weighted by molar-refractivity contribution is 5.36. The van der Waals surface area contributed by atoms with E-state index in [4.69, 9.17) is 0 Å². The predicted molar refractivity (Wildman–Crippen MR) is 96.0 cm³/mol. The summed E-state index contributed by atoms with van der Waals surface area (Å²) in [5, 5.41) is 3.73. The van der Waals surface area contributed by atoms with E-state index < -0.39 is 0 Å². The van der Waals surface area contributed by atoms with Crippen LogP contribution in [0.1, 0.15) is 46.5 Å². The first-order valence-electron chi connectivity index (χ1n) is 8.63. The van der Waals surface area contributed by atoms with E-state index in [1.807, 2.05) is 0 Å². The van der Waals surface area contributed by atoms with Crippen LogP contribution < -0.4 is 15.8 Å². The zero-order valence-corrected chi connectivity index (χ0v) is 14.9. The van der Waals surface area contributed by atoms with Crippen LogP contribution in [-0.2, 0) is 7.05 Å². The highest BCUT2D eigenvalue weighted by Gasteiger charge is 2.22. The summed E-state index contributed by atoms with van der Waals surface area (Å²) in [5.74, 6) is 0.588. The molecule has 2 rings (SSSR count). The number of rotatable bonds is 6. The Hall–Kier alpha value is -1.62. The normalized spacial score (nSPS) is 17.1. The predicted octanol–water partition coefficient (Wildman–Crippen LogP) is 2.47. The topological polar surface area (TPSA) is 50.2 Å². The molecule has 1 aliphatic heterocycles. The average molecular weight is 318 g/mol. The Kier molecular flexibility index (Phi) is 6.39. The summed E-state index contributed by atoms with van der Waals surface area (Å²) in [4.78, 5) is 18.5. The molecule has 2 heterocycles. The number of nitrogens with one attached hydrogen (secondary N) is 1. The van der Waals surface area contributed by atoms with Crippen molar-refractivity contribution in [3.8, 4) is 0 Å². The second-order valence-electron chi connectivity index (χ2n) is 6.85. The van der Waals surface area contributed by atoms with Crippen LogP contribution in [0.25, 0.3) is 0 Å². The van der Waals surface area contributed by atoms with Crippen molar-refractivity contribution in [3.63, 3.8) is 0 Å². The van der Waals surface area contributed by atoms with E-state index >= 15 is 0 Å². The second kappa shape index (κ2) is 8.29. The van der Waals surface area contributed by atoms with Crippen molar-refractivity contribution in [2.75, 3.05) is 18.0 Å². The van der Waals surface area contributed by atoms with Gasteiger partial charge in [-0.2, -0.15) is 0 Å². The molecule has 0 aliphatic carbocycles. The fourth-order valence-electron chi connectivity index (χ4n) is 3.07. The van der Waals surface area contributed by atoms with Gasteiger partial charge in [-0.05, 0) is 46.5 Å². The molecule has 5 heteroatoms. The van der Waals surface area contributed by atoms with Crippen molar-refractivity contribution >= 4 is 5.82 Å². The third-order valence-corrected chi connectivity index (χ3v) is 4.47. The Labute approximate surface area is 139 Å². The summed E-state index contributed by atoms with van der Waals surface area (Å²) in [6.45, 7) is 8.35. The molecule has 5 nitrogen and oxygen atoms in total. The molecule has 1 aromatic heterocycles. The summed E-state index contributed by atoms with van der Waals surface area (Å²) >= 11 is 0. The quantitative estimate of drug-likeness (QED) is 0.819. The molecule has 1 fully saturated rings. The van der Waals surface area contributed by atoms with E-state index in [1.165, 1.54) is 12.0 Å². The Balaban J connectivity index is 1.81. The molecular weight excluding hydrogens is 288 g/mol. The number of hydrogen-bond acceptors (Lipinski definition) is 4. The lowest BCUT2D eigenvalue weighted by atomic mass is 10.0. The molecule has 1 aliphatic rings. The molecular formula is C18H30N4O. The summed E-state index contributed by atoms with van der Waals surface area (Å²) < 4.78 is 1.60. The Morgan fingerprint density at radius 3 is 2.78 bits per heavy atom.